The van der Waals surface area contributed by atoms with Crippen LogP contribution in [-0.4, -0.2) is 10.7 Å². The zero-order valence-electron chi connectivity index (χ0n) is 5.60. The summed E-state index contributed by atoms with van der Waals surface area (Å²) in [6, 6.07) is 0. The first-order valence-corrected chi connectivity index (χ1v) is 2.71. The molecule has 1 atom stereocenters. The molecule has 0 rings (SSSR count). The van der Waals surface area contributed by atoms with E-state index in [2.05, 4.69) is 5.92 Å². The lowest BCUT2D eigenvalue weighted by Crippen LogP contribution is -2.28. The summed E-state index contributed by atoms with van der Waals surface area (Å²) in [5, 5.41) is 9.16. The van der Waals surface area contributed by atoms with Crippen LogP contribution in [0.15, 0.2) is 0 Å². The van der Waals surface area contributed by atoms with Crippen molar-refractivity contribution >= 4 is 0 Å². The first-order chi connectivity index (χ1) is 3.50. The minimum absolute atomic E-state index is 0.132. The third-order valence-corrected chi connectivity index (χ3v) is 1.42. The lowest BCUT2D eigenvalue weighted by molar-refractivity contribution is 0.0728. The van der Waals surface area contributed by atoms with Crippen molar-refractivity contribution in [2.75, 3.05) is 0 Å². The minimum Gasteiger partial charge on any atom is -0.378 e. The minimum atomic E-state index is -0.931. The molecular formula is C7H12O. The van der Waals surface area contributed by atoms with E-state index in [4.69, 9.17) is 11.5 Å². The Morgan fingerprint density at radius 1 is 1.62 bits per heavy atom. The SMILES string of the molecule is C#C[C@](C)(O)C(C)C. The second kappa shape index (κ2) is 2.19. The second-order valence-electron chi connectivity index (χ2n) is 2.45. The smallest absolute Gasteiger partial charge is 0.124 e. The molecule has 46 valence electrons. The number of hydrogen-bond donors (Lipinski definition) is 1. The number of rotatable bonds is 1. The van der Waals surface area contributed by atoms with E-state index in [1.807, 2.05) is 13.8 Å². The Balaban J connectivity index is 3.97. The van der Waals surface area contributed by atoms with Gasteiger partial charge in [-0.3, -0.25) is 0 Å². The van der Waals surface area contributed by atoms with Crippen molar-refractivity contribution < 1.29 is 5.11 Å². The standard InChI is InChI=1S/C7H12O/c1-5-7(4,8)6(2)3/h1,6,8H,2-4H3/t7-/m0/s1. The normalized spacial score (nSPS) is 17.5. The summed E-state index contributed by atoms with van der Waals surface area (Å²) < 4.78 is 0. The molecule has 0 aromatic heterocycles. The molecule has 0 unspecified atom stereocenters. The van der Waals surface area contributed by atoms with Gasteiger partial charge in [-0.1, -0.05) is 19.8 Å². The Hall–Kier alpha value is -0.480. The number of aliphatic hydroxyl groups is 1. The maximum atomic E-state index is 9.16. The average Bonchev–Trinajstić information content (AvgIpc) is 1.67. The van der Waals surface area contributed by atoms with E-state index in [0.717, 1.165) is 0 Å². The predicted molar refractivity (Wildman–Crippen MR) is 34.3 cm³/mol. The highest BCUT2D eigenvalue weighted by molar-refractivity contribution is 5.05. The fourth-order valence-corrected chi connectivity index (χ4v) is 0.167. The van der Waals surface area contributed by atoms with Crippen LogP contribution in [0.3, 0.4) is 0 Å². The van der Waals surface area contributed by atoms with Crippen molar-refractivity contribution in [1.82, 2.24) is 0 Å². The van der Waals surface area contributed by atoms with Crippen LogP contribution in [0.4, 0.5) is 0 Å². The van der Waals surface area contributed by atoms with Crippen LogP contribution in [0.5, 0.6) is 0 Å². The van der Waals surface area contributed by atoms with Crippen molar-refractivity contribution in [2.45, 2.75) is 26.4 Å². The van der Waals surface area contributed by atoms with Gasteiger partial charge in [0.25, 0.3) is 0 Å². The maximum Gasteiger partial charge on any atom is 0.124 e. The summed E-state index contributed by atoms with van der Waals surface area (Å²) in [5.41, 5.74) is -0.931. The zero-order valence-corrected chi connectivity index (χ0v) is 5.60. The molecule has 0 bridgehead atoms. The third kappa shape index (κ3) is 1.55. The summed E-state index contributed by atoms with van der Waals surface area (Å²) in [4.78, 5) is 0. The molecule has 0 aliphatic rings. The van der Waals surface area contributed by atoms with Crippen LogP contribution >= 0.6 is 0 Å². The van der Waals surface area contributed by atoms with Gasteiger partial charge in [0.05, 0.1) is 0 Å². The first kappa shape index (κ1) is 7.52. The largest absolute Gasteiger partial charge is 0.378 e. The summed E-state index contributed by atoms with van der Waals surface area (Å²) in [6.07, 6.45) is 5.01. The molecule has 1 N–H and O–H groups in total. The van der Waals surface area contributed by atoms with E-state index < -0.39 is 5.60 Å². The molecule has 0 aliphatic carbocycles. The van der Waals surface area contributed by atoms with E-state index in [-0.39, 0.29) is 5.92 Å². The quantitative estimate of drug-likeness (QED) is 0.502. The van der Waals surface area contributed by atoms with Gasteiger partial charge < -0.3 is 5.11 Å². The lowest BCUT2D eigenvalue weighted by atomic mass is 9.94. The van der Waals surface area contributed by atoms with Gasteiger partial charge in [0.15, 0.2) is 0 Å². The molecular weight excluding hydrogens is 100 g/mol. The van der Waals surface area contributed by atoms with Crippen LogP contribution in [-0.2, 0) is 0 Å². The first-order valence-electron chi connectivity index (χ1n) is 2.71. The van der Waals surface area contributed by atoms with Crippen molar-refractivity contribution in [3.63, 3.8) is 0 Å². The fourth-order valence-electron chi connectivity index (χ4n) is 0.167. The fraction of sp³-hybridized carbons (Fsp3) is 0.714. The number of terminal acetylenes is 1. The molecule has 0 spiro atoms. The van der Waals surface area contributed by atoms with Crippen molar-refractivity contribution in [2.24, 2.45) is 5.92 Å². The molecule has 0 radical (unpaired) electrons. The van der Waals surface area contributed by atoms with Gasteiger partial charge in [-0.05, 0) is 12.8 Å². The van der Waals surface area contributed by atoms with Gasteiger partial charge in [0, 0.05) is 0 Å². The van der Waals surface area contributed by atoms with Gasteiger partial charge in [-0.2, -0.15) is 0 Å². The summed E-state index contributed by atoms with van der Waals surface area (Å²) >= 11 is 0. The molecule has 0 aliphatic heterocycles. The van der Waals surface area contributed by atoms with E-state index in [1.165, 1.54) is 0 Å². The topological polar surface area (TPSA) is 20.2 Å². The van der Waals surface area contributed by atoms with Gasteiger partial charge in [-0.15, -0.1) is 6.42 Å². The van der Waals surface area contributed by atoms with E-state index in [0.29, 0.717) is 0 Å². The molecule has 0 heterocycles. The molecule has 1 heteroatoms. The Morgan fingerprint density at radius 3 is 2.00 bits per heavy atom. The molecule has 8 heavy (non-hydrogen) atoms. The summed E-state index contributed by atoms with van der Waals surface area (Å²) in [7, 11) is 0. The molecule has 0 aromatic rings. The predicted octanol–water partition coefficient (Wildman–Crippen LogP) is 1.03. The molecule has 0 aromatic carbocycles. The molecule has 0 saturated heterocycles. The maximum absolute atomic E-state index is 9.16. The highest BCUT2D eigenvalue weighted by Crippen LogP contribution is 2.13. The summed E-state index contributed by atoms with van der Waals surface area (Å²) in [6.45, 7) is 5.41. The van der Waals surface area contributed by atoms with Gasteiger partial charge >= 0.3 is 0 Å². The van der Waals surface area contributed by atoms with Crippen molar-refractivity contribution in [3.8, 4) is 12.3 Å². The molecule has 1 nitrogen and oxygen atoms in total. The Morgan fingerprint density at radius 2 is 2.00 bits per heavy atom. The monoisotopic (exact) mass is 112 g/mol. The third-order valence-electron chi connectivity index (χ3n) is 1.42. The van der Waals surface area contributed by atoms with Crippen molar-refractivity contribution in [3.05, 3.63) is 0 Å². The highest BCUT2D eigenvalue weighted by Gasteiger charge is 2.20. The second-order valence-corrected chi connectivity index (χ2v) is 2.45. The van der Waals surface area contributed by atoms with Crippen LogP contribution in [0.1, 0.15) is 20.8 Å². The molecule has 0 fully saturated rings. The Bertz CT molecular complexity index is 106. The lowest BCUT2D eigenvalue weighted by Gasteiger charge is -2.19. The van der Waals surface area contributed by atoms with E-state index >= 15 is 0 Å². The average molecular weight is 112 g/mol. The molecule has 0 saturated carbocycles. The van der Waals surface area contributed by atoms with E-state index in [1.54, 1.807) is 6.92 Å². The van der Waals surface area contributed by atoms with Gasteiger partial charge in [0.1, 0.15) is 5.60 Å². The van der Waals surface area contributed by atoms with Gasteiger partial charge in [-0.25, -0.2) is 0 Å². The summed E-state index contributed by atoms with van der Waals surface area (Å²) in [5.74, 6) is 2.43. The Labute approximate surface area is 50.7 Å². The van der Waals surface area contributed by atoms with Gasteiger partial charge in [0.2, 0.25) is 0 Å². The van der Waals surface area contributed by atoms with Crippen molar-refractivity contribution in [1.29, 1.82) is 0 Å². The number of hydrogen-bond acceptors (Lipinski definition) is 1. The Kier molecular flexibility index (Phi) is 2.06. The van der Waals surface area contributed by atoms with Crippen LogP contribution in [0.2, 0.25) is 0 Å². The van der Waals surface area contributed by atoms with Crippen LogP contribution < -0.4 is 0 Å². The van der Waals surface area contributed by atoms with E-state index in [9.17, 15) is 0 Å². The molecule has 0 amide bonds. The zero-order chi connectivity index (χ0) is 6.78. The van der Waals surface area contributed by atoms with Crippen LogP contribution in [0.25, 0.3) is 0 Å². The van der Waals surface area contributed by atoms with Crippen LogP contribution in [0, 0.1) is 18.3 Å². The highest BCUT2D eigenvalue weighted by atomic mass is 16.3.